The molecule has 0 fully saturated rings. The zero-order valence-corrected chi connectivity index (χ0v) is 11.9. The van der Waals surface area contributed by atoms with Gasteiger partial charge in [-0.15, -0.1) is 0 Å². The second kappa shape index (κ2) is 6.32. The van der Waals surface area contributed by atoms with E-state index in [-0.39, 0.29) is 24.4 Å². The number of carbonyl (C=O) groups is 2. The van der Waals surface area contributed by atoms with E-state index in [2.05, 4.69) is 0 Å². The van der Waals surface area contributed by atoms with E-state index in [4.69, 9.17) is 2.74 Å². The van der Waals surface area contributed by atoms with Gasteiger partial charge in [-0.05, 0) is 25.7 Å². The Kier molecular flexibility index (Phi) is 4.75. The van der Waals surface area contributed by atoms with Crippen molar-refractivity contribution >= 4 is 11.6 Å². The van der Waals surface area contributed by atoms with Crippen LogP contribution in [0.1, 0.15) is 76.3 Å². The molecule has 0 saturated carbocycles. The second-order valence-corrected chi connectivity index (χ2v) is 5.41. The smallest absolute Gasteiger partial charge is 0.146 e. The highest BCUT2D eigenvalue weighted by atomic mass is 16.2. The lowest BCUT2D eigenvalue weighted by atomic mass is 9.73. The molecule has 100 valence electrons. The summed E-state index contributed by atoms with van der Waals surface area (Å²) in [5.41, 5.74) is -1.14. The average Bonchev–Trinajstić information content (AvgIpc) is 2.36. The molecule has 0 saturated heterocycles. The molecule has 2 nitrogen and oxygen atoms in total. The van der Waals surface area contributed by atoms with Crippen molar-refractivity contribution in [3.63, 3.8) is 0 Å². The molecule has 0 heterocycles. The van der Waals surface area contributed by atoms with Gasteiger partial charge in [-0.3, -0.25) is 9.59 Å². The van der Waals surface area contributed by atoms with Gasteiger partial charge in [-0.2, -0.15) is 0 Å². The van der Waals surface area contributed by atoms with Crippen LogP contribution in [0.3, 0.4) is 0 Å². The van der Waals surface area contributed by atoms with Crippen molar-refractivity contribution < 1.29 is 12.3 Å². The SMILES string of the molecule is [2H]C([2H])CC(C)(CC)C(=O)CC(=O)C(C)(CC)CC. The van der Waals surface area contributed by atoms with Crippen LogP contribution in [0.4, 0.5) is 0 Å². The van der Waals surface area contributed by atoms with Gasteiger partial charge in [0.25, 0.3) is 0 Å². The van der Waals surface area contributed by atoms with Crippen molar-refractivity contribution in [2.75, 3.05) is 0 Å². The molecule has 1 unspecified atom stereocenters. The zero-order valence-electron chi connectivity index (χ0n) is 13.9. The Morgan fingerprint density at radius 3 is 1.53 bits per heavy atom. The molecule has 0 rings (SSSR count). The molecule has 0 aliphatic carbocycles. The lowest BCUT2D eigenvalue weighted by Crippen LogP contribution is -2.34. The van der Waals surface area contributed by atoms with Gasteiger partial charge in [0, 0.05) is 13.6 Å². The van der Waals surface area contributed by atoms with Crippen molar-refractivity contribution in [1.29, 1.82) is 0 Å². The number of carbonyl (C=O) groups excluding carboxylic acids is 2. The third-order valence-corrected chi connectivity index (χ3v) is 4.46. The van der Waals surface area contributed by atoms with Crippen molar-refractivity contribution in [3.8, 4) is 0 Å². The Bertz CT molecular complexity index is 322. The van der Waals surface area contributed by atoms with E-state index in [1.807, 2.05) is 27.7 Å². The van der Waals surface area contributed by atoms with Crippen molar-refractivity contribution in [3.05, 3.63) is 0 Å². The van der Waals surface area contributed by atoms with E-state index in [0.717, 1.165) is 12.8 Å². The summed E-state index contributed by atoms with van der Waals surface area (Å²) in [6.45, 7) is 8.47. The molecule has 0 spiro atoms. The van der Waals surface area contributed by atoms with Gasteiger partial charge < -0.3 is 0 Å². The summed E-state index contributed by atoms with van der Waals surface area (Å²) >= 11 is 0. The van der Waals surface area contributed by atoms with Crippen LogP contribution >= 0.6 is 0 Å². The molecule has 0 N–H and O–H groups in total. The van der Waals surface area contributed by atoms with Crippen LogP contribution < -0.4 is 0 Å². The Labute approximate surface area is 109 Å². The molecule has 0 aromatic rings. The number of ketones is 2. The van der Waals surface area contributed by atoms with Crippen LogP contribution in [0.15, 0.2) is 0 Å². The summed E-state index contributed by atoms with van der Waals surface area (Å²) in [4.78, 5) is 24.6. The maximum Gasteiger partial charge on any atom is 0.146 e. The summed E-state index contributed by atoms with van der Waals surface area (Å²) in [7, 11) is 0. The van der Waals surface area contributed by atoms with E-state index in [1.165, 1.54) is 0 Å². The zero-order chi connectivity index (χ0) is 15.3. The second-order valence-electron chi connectivity index (χ2n) is 5.41. The fourth-order valence-corrected chi connectivity index (χ4v) is 1.67. The van der Waals surface area contributed by atoms with E-state index in [0.29, 0.717) is 6.42 Å². The standard InChI is InChI=1S/C15H28O2/c1-7-14(5,8-2)12(16)11-13(17)15(6,9-3)10-4/h7-11H2,1-6H3/i1D2. The highest BCUT2D eigenvalue weighted by Crippen LogP contribution is 2.32. The molecule has 0 aromatic heterocycles. The average molecular weight is 242 g/mol. The summed E-state index contributed by atoms with van der Waals surface area (Å²) in [6, 6.07) is 0. The highest BCUT2D eigenvalue weighted by Gasteiger charge is 2.35. The first-order valence-electron chi connectivity index (χ1n) is 7.71. The Hall–Kier alpha value is -0.660. The predicted octanol–water partition coefficient (Wildman–Crippen LogP) is 4.17. The predicted molar refractivity (Wildman–Crippen MR) is 72.0 cm³/mol. The van der Waals surface area contributed by atoms with E-state index < -0.39 is 17.7 Å². The van der Waals surface area contributed by atoms with Crippen molar-refractivity contribution in [2.24, 2.45) is 10.8 Å². The topological polar surface area (TPSA) is 34.1 Å². The number of rotatable bonds is 8. The Morgan fingerprint density at radius 1 is 0.882 bits per heavy atom. The minimum Gasteiger partial charge on any atom is -0.299 e. The minimum atomic E-state index is -1.02. The van der Waals surface area contributed by atoms with Crippen LogP contribution in [0.2, 0.25) is 0 Å². The van der Waals surface area contributed by atoms with Crippen LogP contribution in [0.25, 0.3) is 0 Å². The maximum absolute atomic E-state index is 12.3. The maximum atomic E-state index is 12.3. The number of hydrogen-bond donors (Lipinski definition) is 0. The Balaban J connectivity index is 4.89. The summed E-state index contributed by atoms with van der Waals surface area (Å²) in [5, 5.41) is 0. The molecule has 0 aromatic carbocycles. The first-order valence-corrected chi connectivity index (χ1v) is 6.56. The largest absolute Gasteiger partial charge is 0.299 e. The summed E-state index contributed by atoms with van der Waals surface area (Å²) in [5.74, 6) is -0.119. The highest BCUT2D eigenvalue weighted by molar-refractivity contribution is 6.03. The quantitative estimate of drug-likeness (QED) is 0.599. The molecule has 1 atom stereocenters. The third-order valence-electron chi connectivity index (χ3n) is 4.46. The molecule has 2 heteroatoms. The molecule has 0 aliphatic heterocycles. The van der Waals surface area contributed by atoms with Crippen LogP contribution in [0, 0.1) is 10.8 Å². The normalized spacial score (nSPS) is 17.3. The van der Waals surface area contributed by atoms with Gasteiger partial charge in [0.1, 0.15) is 11.6 Å². The van der Waals surface area contributed by atoms with E-state index in [1.54, 1.807) is 6.92 Å². The molecule has 17 heavy (non-hydrogen) atoms. The molecule has 0 amide bonds. The summed E-state index contributed by atoms with van der Waals surface area (Å²) < 4.78 is 14.7. The van der Waals surface area contributed by atoms with Crippen LogP contribution in [0.5, 0.6) is 0 Å². The van der Waals surface area contributed by atoms with Gasteiger partial charge in [0.2, 0.25) is 0 Å². The lowest BCUT2D eigenvalue weighted by Gasteiger charge is -2.29. The molecular formula is C15H28O2. The van der Waals surface area contributed by atoms with Gasteiger partial charge >= 0.3 is 0 Å². The summed E-state index contributed by atoms with van der Waals surface area (Å²) in [6.07, 6.45) is 2.18. The first kappa shape index (κ1) is 12.8. The van der Waals surface area contributed by atoms with E-state index >= 15 is 0 Å². The molecule has 0 aliphatic rings. The van der Waals surface area contributed by atoms with Gasteiger partial charge in [0.15, 0.2) is 0 Å². The van der Waals surface area contributed by atoms with Crippen molar-refractivity contribution in [2.45, 2.75) is 73.6 Å². The number of hydrogen-bond acceptors (Lipinski definition) is 2. The Morgan fingerprint density at radius 2 is 1.24 bits per heavy atom. The molecular weight excluding hydrogens is 212 g/mol. The van der Waals surface area contributed by atoms with Gasteiger partial charge in [0.05, 0.1) is 6.42 Å². The minimum absolute atomic E-state index is 0.00585. The molecule has 0 radical (unpaired) electrons. The number of Topliss-reactive ketones (excluding diaryl/α,β-unsaturated/α-hetero) is 2. The van der Waals surface area contributed by atoms with Crippen molar-refractivity contribution in [1.82, 2.24) is 0 Å². The third kappa shape index (κ3) is 3.65. The van der Waals surface area contributed by atoms with Crippen LogP contribution in [-0.2, 0) is 9.59 Å². The lowest BCUT2D eigenvalue weighted by molar-refractivity contribution is -0.137. The fourth-order valence-electron chi connectivity index (χ4n) is 1.67. The fraction of sp³-hybridized carbons (Fsp3) is 0.867. The first-order chi connectivity index (χ1) is 8.65. The van der Waals surface area contributed by atoms with Crippen LogP contribution in [-0.4, -0.2) is 11.6 Å². The van der Waals surface area contributed by atoms with E-state index in [9.17, 15) is 9.59 Å². The monoisotopic (exact) mass is 242 g/mol. The van der Waals surface area contributed by atoms with Gasteiger partial charge in [-0.1, -0.05) is 41.5 Å². The van der Waals surface area contributed by atoms with Gasteiger partial charge in [-0.25, -0.2) is 0 Å². The molecule has 0 bridgehead atoms.